The molecule has 1 amide bonds. The summed E-state index contributed by atoms with van der Waals surface area (Å²) in [6.07, 6.45) is 0. The maximum Gasteiger partial charge on any atom is 0.268 e. The average molecular weight is 246 g/mol. The van der Waals surface area contributed by atoms with E-state index in [9.17, 15) is 4.79 Å². The van der Waals surface area contributed by atoms with Crippen LogP contribution in [-0.2, 0) is 0 Å². The highest BCUT2D eigenvalue weighted by Crippen LogP contribution is 2.25. The van der Waals surface area contributed by atoms with E-state index in [4.69, 9.17) is 5.73 Å². The van der Waals surface area contributed by atoms with E-state index in [1.54, 1.807) is 11.0 Å². The molecule has 0 saturated carbocycles. The molecule has 1 heterocycles. The second-order valence-electron chi connectivity index (χ2n) is 3.59. The Morgan fingerprint density at radius 1 is 1.29 bits per heavy atom. The van der Waals surface area contributed by atoms with Crippen LogP contribution < -0.4 is 10.6 Å². The van der Waals surface area contributed by atoms with Gasteiger partial charge < -0.3 is 10.6 Å². The minimum Gasteiger partial charge on any atom is -0.397 e. The van der Waals surface area contributed by atoms with Crippen LogP contribution in [0.1, 0.15) is 16.6 Å². The number of thiophene rings is 1. The zero-order valence-corrected chi connectivity index (χ0v) is 10.4. The van der Waals surface area contributed by atoms with Crippen LogP contribution >= 0.6 is 11.3 Å². The van der Waals surface area contributed by atoms with E-state index in [0.29, 0.717) is 12.2 Å². The quantitative estimate of drug-likeness (QED) is 0.846. The van der Waals surface area contributed by atoms with Crippen LogP contribution in [0.2, 0.25) is 0 Å². The first-order valence-electron chi connectivity index (χ1n) is 5.44. The third-order valence-corrected chi connectivity index (χ3v) is 3.38. The van der Waals surface area contributed by atoms with E-state index in [1.807, 2.05) is 42.6 Å². The number of benzene rings is 1. The molecule has 0 radical (unpaired) electrons. The topological polar surface area (TPSA) is 46.3 Å². The number of nitrogens with two attached hydrogens (primary N) is 1. The first-order valence-corrected chi connectivity index (χ1v) is 6.32. The Bertz CT molecular complexity index is 508. The molecule has 0 atom stereocenters. The number of nitrogen functional groups attached to an aromatic ring is 1. The van der Waals surface area contributed by atoms with Gasteiger partial charge in [-0.05, 0) is 30.5 Å². The van der Waals surface area contributed by atoms with Gasteiger partial charge in [-0.25, -0.2) is 0 Å². The van der Waals surface area contributed by atoms with E-state index >= 15 is 0 Å². The number of anilines is 2. The van der Waals surface area contributed by atoms with Gasteiger partial charge in [0, 0.05) is 6.54 Å². The normalized spacial score (nSPS) is 10.2. The molecule has 0 unspecified atom stereocenters. The van der Waals surface area contributed by atoms with Crippen molar-refractivity contribution in [1.29, 1.82) is 0 Å². The predicted molar refractivity (Wildman–Crippen MR) is 72.5 cm³/mol. The molecule has 0 aliphatic rings. The van der Waals surface area contributed by atoms with E-state index in [1.165, 1.54) is 11.3 Å². The second kappa shape index (κ2) is 5.01. The van der Waals surface area contributed by atoms with Gasteiger partial charge in [-0.1, -0.05) is 18.2 Å². The van der Waals surface area contributed by atoms with Crippen LogP contribution in [0, 0.1) is 0 Å². The maximum atomic E-state index is 12.3. The summed E-state index contributed by atoms with van der Waals surface area (Å²) in [6, 6.07) is 11.1. The van der Waals surface area contributed by atoms with Crippen LogP contribution in [0.15, 0.2) is 41.8 Å². The first kappa shape index (κ1) is 11.7. The van der Waals surface area contributed by atoms with Crippen molar-refractivity contribution in [2.75, 3.05) is 17.2 Å². The van der Waals surface area contributed by atoms with Crippen molar-refractivity contribution in [1.82, 2.24) is 0 Å². The number of carbonyl (C=O) groups is 1. The van der Waals surface area contributed by atoms with Gasteiger partial charge in [0.15, 0.2) is 0 Å². The summed E-state index contributed by atoms with van der Waals surface area (Å²) in [5.74, 6) is 0.000370. The third-order valence-electron chi connectivity index (χ3n) is 2.52. The first-order chi connectivity index (χ1) is 8.24. The summed E-state index contributed by atoms with van der Waals surface area (Å²) in [4.78, 5) is 14.7. The fraction of sp³-hybridized carbons (Fsp3) is 0.154. The Kier molecular flexibility index (Phi) is 3.44. The summed E-state index contributed by atoms with van der Waals surface area (Å²) in [7, 11) is 0. The lowest BCUT2D eigenvalue weighted by Crippen LogP contribution is -2.30. The Balaban J connectivity index is 2.35. The van der Waals surface area contributed by atoms with Crippen LogP contribution in [0.4, 0.5) is 11.4 Å². The fourth-order valence-corrected chi connectivity index (χ4v) is 2.36. The number of amides is 1. The molecule has 1 aromatic carbocycles. The second-order valence-corrected chi connectivity index (χ2v) is 4.53. The largest absolute Gasteiger partial charge is 0.397 e. The van der Waals surface area contributed by atoms with Gasteiger partial charge in [0.2, 0.25) is 0 Å². The minimum atomic E-state index is 0.000370. The molecule has 0 spiro atoms. The summed E-state index contributed by atoms with van der Waals surface area (Å²) < 4.78 is 0. The van der Waals surface area contributed by atoms with Crippen molar-refractivity contribution in [3.05, 3.63) is 46.7 Å². The van der Waals surface area contributed by atoms with Crippen molar-refractivity contribution < 1.29 is 4.79 Å². The standard InChI is InChI=1S/C13H14N2OS/c1-2-15(11-7-4-3-6-10(11)14)13(16)12-8-5-9-17-12/h3-9H,2,14H2,1H3. The molecule has 88 valence electrons. The van der Waals surface area contributed by atoms with Crippen LogP contribution in [0.3, 0.4) is 0 Å². The Morgan fingerprint density at radius 2 is 2.06 bits per heavy atom. The Morgan fingerprint density at radius 3 is 2.65 bits per heavy atom. The van der Waals surface area contributed by atoms with E-state index in [2.05, 4.69) is 0 Å². The van der Waals surface area contributed by atoms with Crippen LogP contribution in [0.25, 0.3) is 0 Å². The average Bonchev–Trinajstić information content (AvgIpc) is 2.86. The van der Waals surface area contributed by atoms with Gasteiger partial charge in [-0.2, -0.15) is 0 Å². The number of hydrogen-bond acceptors (Lipinski definition) is 3. The highest BCUT2D eigenvalue weighted by molar-refractivity contribution is 7.12. The number of hydrogen-bond donors (Lipinski definition) is 1. The Labute approximate surface area is 104 Å². The lowest BCUT2D eigenvalue weighted by Gasteiger charge is -2.21. The zero-order valence-electron chi connectivity index (χ0n) is 9.59. The summed E-state index contributed by atoms with van der Waals surface area (Å²) >= 11 is 1.44. The zero-order chi connectivity index (χ0) is 12.3. The molecule has 2 N–H and O–H groups in total. The molecule has 2 aromatic rings. The molecule has 0 fully saturated rings. The summed E-state index contributed by atoms with van der Waals surface area (Å²) in [5.41, 5.74) is 7.29. The van der Waals surface area contributed by atoms with Gasteiger partial charge in [-0.15, -0.1) is 11.3 Å². The molecule has 4 heteroatoms. The van der Waals surface area contributed by atoms with Crippen molar-refractivity contribution in [2.24, 2.45) is 0 Å². The van der Waals surface area contributed by atoms with Crippen LogP contribution in [0.5, 0.6) is 0 Å². The SMILES string of the molecule is CCN(C(=O)c1cccs1)c1ccccc1N. The summed E-state index contributed by atoms with van der Waals surface area (Å²) in [5, 5.41) is 1.90. The number of carbonyl (C=O) groups excluding carboxylic acids is 1. The summed E-state index contributed by atoms with van der Waals surface area (Å²) in [6.45, 7) is 2.54. The lowest BCUT2D eigenvalue weighted by molar-refractivity contribution is 0.0992. The molecular weight excluding hydrogens is 232 g/mol. The smallest absolute Gasteiger partial charge is 0.268 e. The van der Waals surface area contributed by atoms with Gasteiger partial charge in [0.05, 0.1) is 16.3 Å². The lowest BCUT2D eigenvalue weighted by atomic mass is 10.2. The molecule has 17 heavy (non-hydrogen) atoms. The molecule has 2 rings (SSSR count). The van der Waals surface area contributed by atoms with Gasteiger partial charge in [0.25, 0.3) is 5.91 Å². The Hall–Kier alpha value is -1.81. The van der Waals surface area contributed by atoms with Crippen molar-refractivity contribution >= 4 is 28.6 Å². The molecule has 3 nitrogen and oxygen atoms in total. The molecule has 1 aromatic heterocycles. The molecule has 0 saturated heterocycles. The van der Waals surface area contributed by atoms with Gasteiger partial charge in [0.1, 0.15) is 0 Å². The molecule has 0 bridgehead atoms. The van der Waals surface area contributed by atoms with Crippen LogP contribution in [-0.4, -0.2) is 12.5 Å². The molecule has 0 aliphatic heterocycles. The van der Waals surface area contributed by atoms with E-state index in [-0.39, 0.29) is 5.91 Å². The van der Waals surface area contributed by atoms with E-state index in [0.717, 1.165) is 10.6 Å². The predicted octanol–water partition coefficient (Wildman–Crippen LogP) is 3.00. The minimum absolute atomic E-state index is 0.000370. The highest BCUT2D eigenvalue weighted by Gasteiger charge is 2.18. The number of nitrogens with zero attached hydrogens (tertiary/aromatic N) is 1. The van der Waals surface area contributed by atoms with Crippen molar-refractivity contribution in [3.8, 4) is 0 Å². The molecule has 0 aliphatic carbocycles. The highest BCUT2D eigenvalue weighted by atomic mass is 32.1. The van der Waals surface area contributed by atoms with Gasteiger partial charge in [-0.3, -0.25) is 4.79 Å². The number of para-hydroxylation sites is 2. The van der Waals surface area contributed by atoms with Crippen molar-refractivity contribution in [2.45, 2.75) is 6.92 Å². The maximum absolute atomic E-state index is 12.3. The molecular formula is C13H14N2OS. The third kappa shape index (κ3) is 2.31. The number of rotatable bonds is 3. The fourth-order valence-electron chi connectivity index (χ4n) is 1.69. The van der Waals surface area contributed by atoms with E-state index < -0.39 is 0 Å². The van der Waals surface area contributed by atoms with Crippen molar-refractivity contribution in [3.63, 3.8) is 0 Å². The van der Waals surface area contributed by atoms with Gasteiger partial charge >= 0.3 is 0 Å². The monoisotopic (exact) mass is 246 g/mol.